The maximum atomic E-state index is 12.7. The van der Waals surface area contributed by atoms with Crippen LogP contribution in [0.15, 0.2) is 4.36 Å². The van der Waals surface area contributed by atoms with Gasteiger partial charge in [0, 0.05) is 28.3 Å². The third-order valence-corrected chi connectivity index (χ3v) is 3.84. The van der Waals surface area contributed by atoms with Gasteiger partial charge in [-0.25, -0.2) is 9.00 Å². The summed E-state index contributed by atoms with van der Waals surface area (Å²) in [6.07, 6.45) is -0.926. The maximum Gasteiger partial charge on any atom is 0.391 e. The van der Waals surface area contributed by atoms with Gasteiger partial charge in [-0.3, -0.25) is 4.79 Å². The minimum atomic E-state index is -4.26. The Morgan fingerprint density at radius 2 is 1.91 bits per heavy atom. The average molecular weight is 343 g/mol. The zero-order valence-electron chi connectivity index (χ0n) is 12.4. The molecule has 1 fully saturated rings. The van der Waals surface area contributed by atoms with Gasteiger partial charge in [0.2, 0.25) is 0 Å². The molecule has 1 rings (SSSR count). The molecule has 0 bridgehead atoms. The number of amides is 3. The first-order chi connectivity index (χ1) is 9.97. The molecule has 128 valence electrons. The molecule has 2 N–H and O–H groups in total. The molecule has 0 heterocycles. The van der Waals surface area contributed by atoms with E-state index in [9.17, 15) is 27.0 Å². The van der Waals surface area contributed by atoms with E-state index in [4.69, 9.17) is 0 Å². The molecule has 0 aliphatic heterocycles. The fraction of sp³-hybridized carbons (Fsp3) is 0.833. The van der Waals surface area contributed by atoms with Crippen LogP contribution in [-0.2, 0) is 14.5 Å². The van der Waals surface area contributed by atoms with E-state index >= 15 is 0 Å². The molecule has 2 unspecified atom stereocenters. The van der Waals surface area contributed by atoms with Crippen LogP contribution in [0.1, 0.15) is 25.7 Å². The number of hydrogen-bond acceptors (Lipinski definition) is 3. The Kier molecular flexibility index (Phi) is 6.21. The lowest BCUT2D eigenvalue weighted by molar-refractivity contribution is -0.183. The smallest absolute Gasteiger partial charge is 0.335 e. The molecule has 0 saturated heterocycles. The number of carbonyl (C=O) groups excluding carboxylic acids is 2. The first-order valence-electron chi connectivity index (χ1n) is 6.78. The Hall–Kier alpha value is -1.32. The van der Waals surface area contributed by atoms with Crippen molar-refractivity contribution < 1.29 is 27.0 Å². The highest BCUT2D eigenvalue weighted by Crippen LogP contribution is 2.37. The quantitative estimate of drug-likeness (QED) is 0.817. The number of halogens is 3. The largest absolute Gasteiger partial charge is 0.391 e. The van der Waals surface area contributed by atoms with Crippen molar-refractivity contribution >= 4 is 21.7 Å². The number of nitrogens with one attached hydrogen (secondary N) is 2. The van der Waals surface area contributed by atoms with Crippen molar-refractivity contribution in [2.75, 3.05) is 19.1 Å². The average Bonchev–Trinajstić information content (AvgIpc) is 2.34. The minimum absolute atomic E-state index is 0.0715. The summed E-state index contributed by atoms with van der Waals surface area (Å²) in [7, 11) is -2.59. The molecule has 0 aromatic carbocycles. The highest BCUT2D eigenvalue weighted by Gasteiger charge is 2.42. The molecule has 0 spiro atoms. The van der Waals surface area contributed by atoms with E-state index in [0.717, 1.165) is 0 Å². The Labute approximate surface area is 127 Å². The molecule has 0 aromatic rings. The fourth-order valence-corrected chi connectivity index (χ4v) is 2.84. The van der Waals surface area contributed by atoms with Crippen LogP contribution >= 0.6 is 0 Å². The summed E-state index contributed by atoms with van der Waals surface area (Å²) in [5, 5.41) is 4.63. The first kappa shape index (κ1) is 18.7. The van der Waals surface area contributed by atoms with E-state index in [-0.39, 0.29) is 12.8 Å². The van der Waals surface area contributed by atoms with Gasteiger partial charge in [-0.15, -0.1) is 0 Å². The van der Waals surface area contributed by atoms with Crippen molar-refractivity contribution in [1.82, 2.24) is 10.6 Å². The lowest BCUT2D eigenvalue weighted by atomic mass is 9.85. The van der Waals surface area contributed by atoms with Crippen LogP contribution in [0.5, 0.6) is 0 Å². The summed E-state index contributed by atoms with van der Waals surface area (Å²) < 4.78 is 52.6. The Morgan fingerprint density at radius 3 is 2.45 bits per heavy atom. The lowest BCUT2D eigenvalue weighted by Gasteiger charge is -2.30. The van der Waals surface area contributed by atoms with E-state index in [2.05, 4.69) is 15.0 Å². The Balaban J connectivity index is 2.42. The summed E-state index contributed by atoms with van der Waals surface area (Å²) in [5.74, 6) is -2.16. The fourth-order valence-electron chi connectivity index (χ4n) is 2.29. The minimum Gasteiger partial charge on any atom is -0.335 e. The van der Waals surface area contributed by atoms with Crippen molar-refractivity contribution in [3.63, 3.8) is 0 Å². The van der Waals surface area contributed by atoms with Crippen LogP contribution in [0, 0.1) is 5.92 Å². The summed E-state index contributed by atoms with van der Waals surface area (Å²) >= 11 is 0. The van der Waals surface area contributed by atoms with Gasteiger partial charge in [-0.05, 0) is 19.3 Å². The number of carbonyl (C=O) groups is 2. The molecule has 0 aromatic heterocycles. The molecule has 2 atom stereocenters. The topological polar surface area (TPSA) is 87.6 Å². The maximum absolute atomic E-state index is 12.7. The van der Waals surface area contributed by atoms with Crippen LogP contribution in [0.3, 0.4) is 0 Å². The van der Waals surface area contributed by atoms with Gasteiger partial charge in [0.1, 0.15) is 6.54 Å². The SMILES string of the molecule is CS(C)(=O)=NC(=O)CNC(=O)NC1CCCC(C(F)(F)F)C1. The van der Waals surface area contributed by atoms with Gasteiger partial charge in [0.05, 0.1) is 5.92 Å². The van der Waals surface area contributed by atoms with E-state index < -0.39 is 46.3 Å². The second-order valence-electron chi connectivity index (χ2n) is 5.60. The summed E-state index contributed by atoms with van der Waals surface area (Å²) in [6.45, 7) is -0.445. The molecule has 1 saturated carbocycles. The standard InChI is InChI=1S/C12H20F3N3O3S/c1-22(2,21)18-10(19)7-16-11(20)17-9-5-3-4-8(6-9)12(13,14)15/h8-9H,3-7H2,1-2H3,(H2,16,17,20). The number of rotatable bonds is 3. The van der Waals surface area contributed by atoms with Gasteiger partial charge in [0.15, 0.2) is 0 Å². The summed E-state index contributed by atoms with van der Waals surface area (Å²) in [5.41, 5.74) is 0. The van der Waals surface area contributed by atoms with E-state index in [1.807, 2.05) is 0 Å². The molecule has 22 heavy (non-hydrogen) atoms. The number of hydrogen-bond donors (Lipinski definition) is 2. The molecular formula is C12H20F3N3O3S. The molecule has 10 heteroatoms. The summed E-state index contributed by atoms with van der Waals surface area (Å²) in [4.78, 5) is 22.9. The van der Waals surface area contributed by atoms with E-state index in [0.29, 0.717) is 12.8 Å². The normalized spacial score (nSPS) is 22.8. The predicted octanol–water partition coefficient (Wildman–Crippen LogP) is 1.66. The molecule has 1 aliphatic carbocycles. The van der Waals surface area contributed by atoms with Crippen molar-refractivity contribution in [3.8, 4) is 0 Å². The van der Waals surface area contributed by atoms with Gasteiger partial charge in [0.25, 0.3) is 5.91 Å². The van der Waals surface area contributed by atoms with Crippen molar-refractivity contribution in [2.24, 2.45) is 10.3 Å². The van der Waals surface area contributed by atoms with Crippen LogP contribution in [0.4, 0.5) is 18.0 Å². The van der Waals surface area contributed by atoms with Gasteiger partial charge in [-0.1, -0.05) is 6.42 Å². The van der Waals surface area contributed by atoms with Gasteiger partial charge < -0.3 is 10.6 Å². The zero-order chi connectivity index (χ0) is 17.0. The molecule has 6 nitrogen and oxygen atoms in total. The van der Waals surface area contributed by atoms with Gasteiger partial charge in [-0.2, -0.15) is 17.5 Å². The Morgan fingerprint density at radius 1 is 1.27 bits per heavy atom. The predicted molar refractivity (Wildman–Crippen MR) is 75.8 cm³/mol. The highest BCUT2D eigenvalue weighted by atomic mass is 32.2. The third kappa shape index (κ3) is 7.10. The van der Waals surface area contributed by atoms with Crippen LogP contribution < -0.4 is 10.6 Å². The number of urea groups is 1. The van der Waals surface area contributed by atoms with Crippen molar-refractivity contribution in [3.05, 3.63) is 0 Å². The summed E-state index contributed by atoms with van der Waals surface area (Å²) in [6, 6.07) is -1.30. The lowest BCUT2D eigenvalue weighted by Crippen LogP contribution is -2.46. The number of nitrogens with zero attached hydrogens (tertiary/aromatic N) is 1. The third-order valence-electron chi connectivity index (χ3n) is 3.19. The van der Waals surface area contributed by atoms with Crippen LogP contribution in [0.25, 0.3) is 0 Å². The second-order valence-corrected chi connectivity index (χ2v) is 8.14. The van der Waals surface area contributed by atoms with E-state index in [1.54, 1.807) is 0 Å². The van der Waals surface area contributed by atoms with Crippen LogP contribution in [0.2, 0.25) is 0 Å². The first-order valence-corrected chi connectivity index (χ1v) is 9.11. The molecule has 1 aliphatic rings. The monoisotopic (exact) mass is 343 g/mol. The molecular weight excluding hydrogens is 323 g/mol. The van der Waals surface area contributed by atoms with Gasteiger partial charge >= 0.3 is 12.2 Å². The van der Waals surface area contributed by atoms with E-state index in [1.165, 1.54) is 12.5 Å². The second kappa shape index (κ2) is 7.30. The molecule has 3 amide bonds. The van der Waals surface area contributed by atoms with Crippen molar-refractivity contribution in [1.29, 1.82) is 0 Å². The number of alkyl halides is 3. The Bertz CT molecular complexity index is 533. The zero-order valence-corrected chi connectivity index (χ0v) is 13.2. The molecule has 0 radical (unpaired) electrons. The van der Waals surface area contributed by atoms with Crippen molar-refractivity contribution in [2.45, 2.75) is 37.9 Å². The highest BCUT2D eigenvalue weighted by molar-refractivity contribution is 7.92. The van der Waals surface area contributed by atoms with Crippen LogP contribution in [-0.4, -0.2) is 47.4 Å².